The number of rotatable bonds is 5. The predicted molar refractivity (Wildman–Crippen MR) is 116 cm³/mol. The molecule has 6 nitrogen and oxygen atoms in total. The molecule has 0 spiro atoms. The number of fused-ring (bicyclic) bond motifs is 2. The van der Waals surface area contributed by atoms with Crippen molar-refractivity contribution >= 4 is 21.8 Å². The zero-order valence-corrected chi connectivity index (χ0v) is 17.2. The summed E-state index contributed by atoms with van der Waals surface area (Å²) in [7, 11) is 1.86. The number of hydrogen-bond acceptors (Lipinski definition) is 3. The molecular formula is C23H27N3O3. The van der Waals surface area contributed by atoms with Gasteiger partial charge in [-0.3, -0.25) is 4.79 Å². The van der Waals surface area contributed by atoms with Crippen molar-refractivity contribution < 1.29 is 10.2 Å². The highest BCUT2D eigenvalue weighted by molar-refractivity contribution is 5.99. The lowest BCUT2D eigenvalue weighted by Gasteiger charge is -2.21. The number of nitrogens with one attached hydrogen (secondary N) is 1. The number of pyridine rings is 1. The van der Waals surface area contributed by atoms with Crippen LogP contribution in [0.25, 0.3) is 32.9 Å². The first-order chi connectivity index (χ1) is 13.7. The Morgan fingerprint density at radius 1 is 1.21 bits per heavy atom. The van der Waals surface area contributed by atoms with E-state index in [9.17, 15) is 15.0 Å². The first-order valence-corrected chi connectivity index (χ1v) is 9.91. The summed E-state index contributed by atoms with van der Waals surface area (Å²) in [6.45, 7) is 6.00. The topological polar surface area (TPSA) is 83.2 Å². The fourth-order valence-electron chi connectivity index (χ4n) is 4.07. The second-order valence-corrected chi connectivity index (χ2v) is 8.27. The molecule has 3 aromatic heterocycles. The van der Waals surface area contributed by atoms with Gasteiger partial charge in [-0.15, -0.1) is 0 Å². The fourth-order valence-corrected chi connectivity index (χ4v) is 4.07. The Labute approximate surface area is 169 Å². The molecule has 4 aromatic rings. The number of hydrogen-bond donors (Lipinski definition) is 3. The standard InChI is InChI=1S/C23H27N3O3/c1-5-15(27)12-26-9-7-17-19(23(2,3)29)10-14(11-20(17)26)18-13-25(4)21-16(18)6-8-24-22(21)28/h6-11,13,15,27,29H,5,12H2,1-4H3,(H,24,28). The van der Waals surface area contributed by atoms with Gasteiger partial charge in [0.05, 0.1) is 11.7 Å². The Balaban J connectivity index is 2.02. The van der Waals surface area contributed by atoms with Gasteiger partial charge in [0.2, 0.25) is 0 Å². The van der Waals surface area contributed by atoms with Gasteiger partial charge in [0.15, 0.2) is 0 Å². The summed E-state index contributed by atoms with van der Waals surface area (Å²) in [6.07, 6.45) is 5.80. The summed E-state index contributed by atoms with van der Waals surface area (Å²) < 4.78 is 3.86. The molecule has 3 N–H and O–H groups in total. The van der Waals surface area contributed by atoms with E-state index in [4.69, 9.17) is 0 Å². The largest absolute Gasteiger partial charge is 0.391 e. The molecule has 4 rings (SSSR count). The lowest BCUT2D eigenvalue weighted by Crippen LogP contribution is -2.17. The van der Waals surface area contributed by atoms with E-state index in [0.29, 0.717) is 18.5 Å². The Hall–Kier alpha value is -2.83. The van der Waals surface area contributed by atoms with E-state index in [2.05, 4.69) is 11.1 Å². The van der Waals surface area contributed by atoms with Crippen molar-refractivity contribution in [2.45, 2.75) is 45.4 Å². The van der Waals surface area contributed by atoms with E-state index >= 15 is 0 Å². The van der Waals surface area contributed by atoms with Gasteiger partial charge in [0.1, 0.15) is 5.52 Å². The van der Waals surface area contributed by atoms with Crippen LogP contribution in [0.15, 0.2) is 47.7 Å². The van der Waals surface area contributed by atoms with Crippen LogP contribution in [0.3, 0.4) is 0 Å². The summed E-state index contributed by atoms with van der Waals surface area (Å²) in [5.41, 5.74) is 3.08. The molecule has 0 saturated carbocycles. The Morgan fingerprint density at radius 3 is 2.66 bits per heavy atom. The third-order valence-corrected chi connectivity index (χ3v) is 5.64. The van der Waals surface area contributed by atoms with Crippen molar-refractivity contribution in [3.8, 4) is 11.1 Å². The van der Waals surface area contributed by atoms with Gasteiger partial charge < -0.3 is 24.3 Å². The molecule has 0 fully saturated rings. The van der Waals surface area contributed by atoms with Gasteiger partial charge in [-0.2, -0.15) is 0 Å². The van der Waals surface area contributed by atoms with Crippen LogP contribution in [0.5, 0.6) is 0 Å². The maximum absolute atomic E-state index is 12.3. The van der Waals surface area contributed by atoms with Gasteiger partial charge in [-0.25, -0.2) is 0 Å². The summed E-state index contributed by atoms with van der Waals surface area (Å²) in [6, 6.07) is 7.96. The van der Waals surface area contributed by atoms with Crippen LogP contribution in [-0.2, 0) is 19.2 Å². The number of benzene rings is 1. The summed E-state index contributed by atoms with van der Waals surface area (Å²) >= 11 is 0. The van der Waals surface area contributed by atoms with E-state index in [0.717, 1.165) is 33.0 Å². The van der Waals surface area contributed by atoms with Crippen molar-refractivity contribution in [3.05, 3.63) is 58.8 Å². The SMILES string of the molecule is CCC(O)Cn1ccc2c(C(C)(C)O)cc(-c3cn(C)c4c(=O)[nH]ccc34)cc21. The predicted octanol–water partition coefficient (Wildman–Crippen LogP) is 3.49. The van der Waals surface area contributed by atoms with Gasteiger partial charge in [0, 0.05) is 54.0 Å². The van der Waals surface area contributed by atoms with Crippen molar-refractivity contribution in [3.63, 3.8) is 0 Å². The fraction of sp³-hybridized carbons (Fsp3) is 0.348. The Kier molecular flexibility index (Phi) is 4.63. The highest BCUT2D eigenvalue weighted by atomic mass is 16.3. The van der Waals surface area contributed by atoms with Gasteiger partial charge in [-0.1, -0.05) is 6.92 Å². The molecule has 1 aromatic carbocycles. The van der Waals surface area contributed by atoms with Gasteiger partial charge in [-0.05, 0) is 55.7 Å². The van der Waals surface area contributed by atoms with Crippen LogP contribution < -0.4 is 5.56 Å². The van der Waals surface area contributed by atoms with Gasteiger partial charge >= 0.3 is 0 Å². The molecule has 0 saturated heterocycles. The normalized spacial score (nSPS) is 13.4. The minimum Gasteiger partial charge on any atom is -0.391 e. The molecule has 3 heterocycles. The molecule has 0 bridgehead atoms. The number of aryl methyl sites for hydroxylation is 1. The summed E-state index contributed by atoms with van der Waals surface area (Å²) in [5.74, 6) is 0. The zero-order valence-electron chi connectivity index (χ0n) is 17.2. The molecule has 0 aliphatic heterocycles. The first kappa shape index (κ1) is 19.5. The quantitative estimate of drug-likeness (QED) is 0.485. The van der Waals surface area contributed by atoms with Crippen LogP contribution in [0.1, 0.15) is 32.8 Å². The van der Waals surface area contributed by atoms with Crippen molar-refractivity contribution in [2.75, 3.05) is 0 Å². The van der Waals surface area contributed by atoms with E-state index < -0.39 is 11.7 Å². The lowest BCUT2D eigenvalue weighted by atomic mass is 9.91. The zero-order chi connectivity index (χ0) is 20.9. The minimum atomic E-state index is -1.04. The number of aromatic nitrogens is 3. The summed E-state index contributed by atoms with van der Waals surface area (Å²) in [5, 5.41) is 22.8. The molecule has 1 atom stereocenters. The minimum absolute atomic E-state index is 0.130. The molecule has 0 amide bonds. The molecule has 0 aliphatic rings. The molecule has 0 aliphatic carbocycles. The molecule has 6 heteroatoms. The van der Waals surface area contributed by atoms with Crippen LogP contribution in [0.2, 0.25) is 0 Å². The molecule has 152 valence electrons. The second-order valence-electron chi connectivity index (χ2n) is 8.27. The number of nitrogens with zero attached hydrogens (tertiary/aromatic N) is 2. The summed E-state index contributed by atoms with van der Waals surface area (Å²) in [4.78, 5) is 15.0. The van der Waals surface area contributed by atoms with Crippen molar-refractivity contribution in [1.82, 2.24) is 14.1 Å². The van der Waals surface area contributed by atoms with Gasteiger partial charge in [0.25, 0.3) is 5.56 Å². The average Bonchev–Trinajstić information content (AvgIpc) is 3.22. The van der Waals surface area contributed by atoms with Crippen LogP contribution >= 0.6 is 0 Å². The highest BCUT2D eigenvalue weighted by Crippen LogP contribution is 2.37. The van der Waals surface area contributed by atoms with E-state index in [1.165, 1.54) is 0 Å². The first-order valence-electron chi connectivity index (χ1n) is 9.91. The van der Waals surface area contributed by atoms with E-state index in [1.54, 1.807) is 20.0 Å². The lowest BCUT2D eigenvalue weighted by molar-refractivity contribution is 0.0802. The Morgan fingerprint density at radius 2 is 1.97 bits per heavy atom. The Bertz CT molecular complexity index is 1250. The molecule has 29 heavy (non-hydrogen) atoms. The van der Waals surface area contributed by atoms with Crippen LogP contribution in [0.4, 0.5) is 0 Å². The number of aliphatic hydroxyl groups is 2. The van der Waals surface area contributed by atoms with E-state index in [-0.39, 0.29) is 5.56 Å². The maximum Gasteiger partial charge on any atom is 0.272 e. The maximum atomic E-state index is 12.3. The molecule has 1 unspecified atom stereocenters. The number of aromatic amines is 1. The van der Waals surface area contributed by atoms with Crippen LogP contribution in [0, 0.1) is 0 Å². The smallest absolute Gasteiger partial charge is 0.272 e. The number of aliphatic hydroxyl groups excluding tert-OH is 1. The molecule has 0 radical (unpaired) electrons. The highest BCUT2D eigenvalue weighted by Gasteiger charge is 2.23. The third-order valence-electron chi connectivity index (χ3n) is 5.64. The van der Waals surface area contributed by atoms with Crippen molar-refractivity contribution in [1.29, 1.82) is 0 Å². The van der Waals surface area contributed by atoms with Crippen LogP contribution in [-0.4, -0.2) is 30.4 Å². The average molecular weight is 393 g/mol. The van der Waals surface area contributed by atoms with Crippen molar-refractivity contribution in [2.24, 2.45) is 7.05 Å². The third kappa shape index (κ3) is 3.28. The van der Waals surface area contributed by atoms with E-state index in [1.807, 2.05) is 53.7 Å². The number of H-pyrrole nitrogens is 1. The molecular weight excluding hydrogens is 366 g/mol. The monoisotopic (exact) mass is 393 g/mol. The second kappa shape index (κ2) is 6.90.